The van der Waals surface area contributed by atoms with Gasteiger partial charge in [0.1, 0.15) is 11.7 Å². The maximum atomic E-state index is 13.1. The first-order valence-corrected chi connectivity index (χ1v) is 12.0. The predicted octanol–water partition coefficient (Wildman–Crippen LogP) is 1.61. The van der Waals surface area contributed by atoms with E-state index in [2.05, 4.69) is 14.9 Å². The first-order chi connectivity index (χ1) is 16.5. The number of aliphatic imine (C=N–C) groups is 2. The Morgan fingerprint density at radius 3 is 2.59 bits per heavy atom. The molecule has 0 radical (unpaired) electrons. The Bertz CT molecular complexity index is 1030. The quantitative estimate of drug-likeness (QED) is 0.591. The number of likely N-dealkylation sites (tertiary alicyclic amines) is 2. The van der Waals surface area contributed by atoms with E-state index in [1.807, 2.05) is 24.3 Å². The molecule has 9 heteroatoms. The molecular formula is C25H30N4O5. The lowest BCUT2D eigenvalue weighted by atomic mass is 9.88. The van der Waals surface area contributed by atoms with Gasteiger partial charge in [-0.05, 0) is 56.6 Å². The molecule has 180 valence electrons. The third kappa shape index (κ3) is 4.54. The van der Waals surface area contributed by atoms with Crippen molar-refractivity contribution in [3.8, 4) is 5.75 Å². The van der Waals surface area contributed by atoms with Crippen LogP contribution < -0.4 is 4.74 Å². The molecule has 0 spiro atoms. The highest BCUT2D eigenvalue weighted by molar-refractivity contribution is 6.17. The van der Waals surface area contributed by atoms with Crippen molar-refractivity contribution in [3.05, 3.63) is 29.8 Å². The molecule has 5 rings (SSSR count). The van der Waals surface area contributed by atoms with Gasteiger partial charge in [-0.3, -0.25) is 19.3 Å². The van der Waals surface area contributed by atoms with Gasteiger partial charge in [-0.1, -0.05) is 0 Å². The summed E-state index contributed by atoms with van der Waals surface area (Å²) >= 11 is 0. The number of methoxy groups -OCH3 is 1. The second-order valence-corrected chi connectivity index (χ2v) is 9.31. The number of piperidine rings is 1. The van der Waals surface area contributed by atoms with E-state index in [0.717, 1.165) is 43.8 Å². The zero-order valence-corrected chi connectivity index (χ0v) is 19.4. The minimum absolute atomic E-state index is 0.0249. The fourth-order valence-corrected chi connectivity index (χ4v) is 5.32. The van der Waals surface area contributed by atoms with Crippen LogP contribution in [0.1, 0.15) is 36.0 Å². The minimum Gasteiger partial charge on any atom is -0.497 e. The number of carbonyl (C=O) groups excluding carboxylic acids is 3. The highest BCUT2D eigenvalue weighted by atomic mass is 16.5. The monoisotopic (exact) mass is 466 g/mol. The Balaban J connectivity index is 1.15. The molecule has 1 aromatic rings. The van der Waals surface area contributed by atoms with E-state index in [1.165, 1.54) is 0 Å². The molecule has 0 saturated carbocycles. The van der Waals surface area contributed by atoms with Gasteiger partial charge in [0.2, 0.25) is 5.91 Å². The highest BCUT2D eigenvalue weighted by Crippen LogP contribution is 2.27. The van der Waals surface area contributed by atoms with Crippen LogP contribution in [0.15, 0.2) is 34.3 Å². The SMILES string of the molecule is COc1ccc(C(=O)C2CCN([C@@H]3CCN(CC4=NC(=O)C5COCCC5=N4)C3=O)CC2)cc1. The summed E-state index contributed by atoms with van der Waals surface area (Å²) < 4.78 is 10.5. The molecule has 0 N–H and O–H groups in total. The molecule has 1 unspecified atom stereocenters. The molecule has 0 aromatic heterocycles. The maximum Gasteiger partial charge on any atom is 0.258 e. The van der Waals surface area contributed by atoms with E-state index in [-0.39, 0.29) is 42.0 Å². The molecule has 3 saturated heterocycles. The number of fused-ring (bicyclic) bond motifs is 1. The topological polar surface area (TPSA) is 101 Å². The third-order valence-electron chi connectivity index (χ3n) is 7.32. The zero-order chi connectivity index (χ0) is 23.7. The second-order valence-electron chi connectivity index (χ2n) is 9.31. The van der Waals surface area contributed by atoms with Crippen LogP contribution in [0.5, 0.6) is 5.75 Å². The van der Waals surface area contributed by atoms with E-state index < -0.39 is 0 Å². The summed E-state index contributed by atoms with van der Waals surface area (Å²) in [6.45, 7) is 3.25. The Kier molecular flexibility index (Phi) is 6.56. The maximum absolute atomic E-state index is 13.1. The molecule has 0 bridgehead atoms. The number of hydrogen-bond acceptors (Lipinski definition) is 7. The molecule has 2 atom stereocenters. The average molecular weight is 467 g/mol. The molecule has 1 aromatic carbocycles. The van der Waals surface area contributed by atoms with Gasteiger partial charge >= 0.3 is 0 Å². The fraction of sp³-hybridized carbons (Fsp3) is 0.560. The van der Waals surface area contributed by atoms with Gasteiger partial charge in [-0.15, -0.1) is 0 Å². The van der Waals surface area contributed by atoms with E-state index in [0.29, 0.717) is 37.6 Å². The largest absolute Gasteiger partial charge is 0.497 e. The standard InChI is InChI=1S/C25H30N4O5/c1-33-18-4-2-16(3-5-18)23(30)17-6-10-28(11-7-17)21-8-12-29(25(21)32)14-22-26-20-9-13-34-15-19(20)24(31)27-22/h2-5,17,19,21H,6-15H2,1H3/t19?,21-/m1/s1. The van der Waals surface area contributed by atoms with Crippen LogP contribution in [-0.4, -0.2) is 91.5 Å². The van der Waals surface area contributed by atoms with Crippen LogP contribution in [0.4, 0.5) is 0 Å². The number of amides is 2. The second kappa shape index (κ2) is 9.76. The highest BCUT2D eigenvalue weighted by Gasteiger charge is 2.39. The number of nitrogens with zero attached hydrogens (tertiary/aromatic N) is 4. The Labute approximate surface area is 198 Å². The smallest absolute Gasteiger partial charge is 0.258 e. The van der Waals surface area contributed by atoms with Crippen LogP contribution in [0.2, 0.25) is 0 Å². The number of ether oxygens (including phenoxy) is 2. The van der Waals surface area contributed by atoms with Crippen molar-refractivity contribution in [2.75, 3.05) is 46.5 Å². The number of carbonyl (C=O) groups is 3. The summed E-state index contributed by atoms with van der Waals surface area (Å²) in [7, 11) is 1.61. The molecular weight excluding hydrogens is 436 g/mol. The number of Topliss-reactive ketones (excluding diaryl/α,β-unsaturated/α-hetero) is 1. The van der Waals surface area contributed by atoms with Gasteiger partial charge in [-0.2, -0.15) is 4.99 Å². The van der Waals surface area contributed by atoms with E-state index in [4.69, 9.17) is 9.47 Å². The number of rotatable bonds is 6. The third-order valence-corrected chi connectivity index (χ3v) is 7.32. The van der Waals surface area contributed by atoms with E-state index in [1.54, 1.807) is 12.0 Å². The molecule has 4 aliphatic heterocycles. The molecule has 3 fully saturated rings. The van der Waals surface area contributed by atoms with Crippen molar-refractivity contribution in [3.63, 3.8) is 0 Å². The van der Waals surface area contributed by atoms with Gasteiger partial charge in [0.15, 0.2) is 11.6 Å². The average Bonchev–Trinajstić information content (AvgIpc) is 3.23. The minimum atomic E-state index is -0.360. The van der Waals surface area contributed by atoms with Crippen LogP contribution in [0.3, 0.4) is 0 Å². The summed E-state index contributed by atoms with van der Waals surface area (Å²) in [6, 6.07) is 7.07. The Morgan fingerprint density at radius 2 is 1.85 bits per heavy atom. The summed E-state index contributed by atoms with van der Waals surface area (Å²) in [5, 5.41) is 0. The normalized spacial score (nSPS) is 26.2. The van der Waals surface area contributed by atoms with Crippen LogP contribution in [0.25, 0.3) is 0 Å². The van der Waals surface area contributed by atoms with Crippen molar-refractivity contribution in [1.29, 1.82) is 0 Å². The predicted molar refractivity (Wildman–Crippen MR) is 125 cm³/mol. The number of hydrogen-bond donors (Lipinski definition) is 0. The van der Waals surface area contributed by atoms with Crippen molar-refractivity contribution in [1.82, 2.24) is 9.80 Å². The van der Waals surface area contributed by atoms with Crippen molar-refractivity contribution >= 4 is 29.1 Å². The summed E-state index contributed by atoms with van der Waals surface area (Å²) in [5.74, 6) is 0.779. The van der Waals surface area contributed by atoms with Gasteiger partial charge in [0, 0.05) is 30.2 Å². The van der Waals surface area contributed by atoms with Crippen LogP contribution in [-0.2, 0) is 14.3 Å². The number of amidine groups is 1. The van der Waals surface area contributed by atoms with Crippen molar-refractivity contribution < 1.29 is 23.9 Å². The Hall–Kier alpha value is -2.91. The van der Waals surface area contributed by atoms with Gasteiger partial charge in [0.25, 0.3) is 5.91 Å². The van der Waals surface area contributed by atoms with E-state index in [9.17, 15) is 14.4 Å². The Morgan fingerprint density at radius 1 is 1.09 bits per heavy atom. The van der Waals surface area contributed by atoms with Gasteiger partial charge in [-0.25, -0.2) is 4.99 Å². The molecule has 34 heavy (non-hydrogen) atoms. The summed E-state index contributed by atoms with van der Waals surface area (Å²) in [6.07, 6.45) is 2.86. The molecule has 4 heterocycles. The van der Waals surface area contributed by atoms with Crippen molar-refractivity contribution in [2.45, 2.75) is 31.7 Å². The molecule has 2 amide bonds. The van der Waals surface area contributed by atoms with Gasteiger partial charge < -0.3 is 14.4 Å². The van der Waals surface area contributed by atoms with E-state index >= 15 is 0 Å². The number of benzene rings is 1. The first kappa shape index (κ1) is 22.9. The zero-order valence-electron chi connectivity index (χ0n) is 19.4. The number of ketones is 1. The lowest BCUT2D eigenvalue weighted by Gasteiger charge is -2.34. The summed E-state index contributed by atoms with van der Waals surface area (Å²) in [4.78, 5) is 51.0. The lowest BCUT2D eigenvalue weighted by molar-refractivity contribution is -0.132. The van der Waals surface area contributed by atoms with Crippen molar-refractivity contribution in [2.24, 2.45) is 21.8 Å². The lowest BCUT2D eigenvalue weighted by Crippen LogP contribution is -2.47. The molecule has 4 aliphatic rings. The summed E-state index contributed by atoms with van der Waals surface area (Å²) in [5.41, 5.74) is 1.53. The molecule has 0 aliphatic carbocycles. The van der Waals surface area contributed by atoms with Crippen LogP contribution in [0, 0.1) is 11.8 Å². The molecule has 9 nitrogen and oxygen atoms in total. The first-order valence-electron chi connectivity index (χ1n) is 12.0. The van der Waals surface area contributed by atoms with Crippen LogP contribution >= 0.6 is 0 Å². The fourth-order valence-electron chi connectivity index (χ4n) is 5.32. The van der Waals surface area contributed by atoms with Gasteiger partial charge in [0.05, 0.1) is 32.9 Å².